The van der Waals surface area contributed by atoms with Crippen LogP contribution in [-0.4, -0.2) is 35.6 Å². The molecule has 0 aliphatic carbocycles. The second-order valence-electron chi connectivity index (χ2n) is 5.72. The van der Waals surface area contributed by atoms with Gasteiger partial charge < -0.3 is 10.1 Å². The van der Waals surface area contributed by atoms with Gasteiger partial charge >= 0.3 is 0 Å². The Morgan fingerprint density at radius 1 is 1.29 bits per heavy atom. The number of carbonyl (C=O) groups excluding carboxylic acids is 3. The zero-order chi connectivity index (χ0) is 20.3. The molecule has 0 spiro atoms. The van der Waals surface area contributed by atoms with Gasteiger partial charge in [0.15, 0.2) is 0 Å². The fraction of sp³-hybridized carbons (Fsp3) is 0.105. The monoisotopic (exact) mass is 528 g/mol. The molecule has 1 aliphatic rings. The average Bonchev–Trinajstić information content (AvgIpc) is 2.89. The minimum absolute atomic E-state index is 0.265. The molecule has 0 aromatic heterocycles. The van der Waals surface area contributed by atoms with Crippen molar-refractivity contribution in [3.8, 4) is 5.75 Å². The zero-order valence-electron chi connectivity index (χ0n) is 14.6. The van der Waals surface area contributed by atoms with Crippen molar-refractivity contribution in [2.75, 3.05) is 19.0 Å². The number of thioether (sulfide) groups is 1. The second-order valence-corrected chi connectivity index (χ2v) is 8.31. The highest BCUT2D eigenvalue weighted by atomic mass is 127. The van der Waals surface area contributed by atoms with Crippen LogP contribution >= 0.6 is 46.0 Å². The lowest BCUT2D eigenvalue weighted by atomic mass is 10.2. The highest BCUT2D eigenvalue weighted by molar-refractivity contribution is 14.1. The van der Waals surface area contributed by atoms with E-state index in [-0.39, 0.29) is 11.4 Å². The van der Waals surface area contributed by atoms with E-state index in [2.05, 4.69) is 27.9 Å². The third-order valence-corrected chi connectivity index (χ3v) is 5.74. The molecule has 1 heterocycles. The maximum atomic E-state index is 12.6. The van der Waals surface area contributed by atoms with E-state index in [1.165, 1.54) is 0 Å². The molecule has 1 saturated heterocycles. The Morgan fingerprint density at radius 2 is 2.07 bits per heavy atom. The van der Waals surface area contributed by atoms with Crippen molar-refractivity contribution in [3.05, 3.63) is 61.5 Å². The molecule has 0 radical (unpaired) electrons. The topological polar surface area (TPSA) is 75.7 Å². The fourth-order valence-electron chi connectivity index (χ4n) is 2.47. The minimum atomic E-state index is -0.498. The summed E-state index contributed by atoms with van der Waals surface area (Å²) in [7, 11) is 1.58. The van der Waals surface area contributed by atoms with Gasteiger partial charge in [-0.1, -0.05) is 23.7 Å². The van der Waals surface area contributed by atoms with Gasteiger partial charge in [0.1, 0.15) is 12.3 Å². The number of hydrogen-bond acceptors (Lipinski definition) is 5. The van der Waals surface area contributed by atoms with Crippen LogP contribution in [0.1, 0.15) is 5.56 Å². The predicted octanol–water partition coefficient (Wildman–Crippen LogP) is 4.63. The number of carbonyl (C=O) groups is 3. The molecule has 2 aromatic carbocycles. The molecule has 0 unspecified atom stereocenters. The van der Waals surface area contributed by atoms with E-state index < -0.39 is 17.1 Å². The van der Waals surface area contributed by atoms with Crippen LogP contribution in [0, 0.1) is 3.57 Å². The predicted molar refractivity (Wildman–Crippen MR) is 118 cm³/mol. The Bertz CT molecular complexity index is 996. The molecule has 3 rings (SSSR count). The highest BCUT2D eigenvalue weighted by Gasteiger charge is 2.36. The molecule has 6 nitrogen and oxygen atoms in total. The molecule has 1 aliphatic heterocycles. The number of anilines is 1. The summed E-state index contributed by atoms with van der Waals surface area (Å²) in [6.07, 6.45) is 1.63. The Morgan fingerprint density at radius 3 is 2.75 bits per heavy atom. The van der Waals surface area contributed by atoms with E-state index in [4.69, 9.17) is 16.3 Å². The van der Waals surface area contributed by atoms with Crippen LogP contribution in [0.2, 0.25) is 5.02 Å². The molecule has 0 atom stereocenters. The number of hydrogen-bond donors (Lipinski definition) is 1. The van der Waals surface area contributed by atoms with Gasteiger partial charge in [-0.05, 0) is 76.3 Å². The smallest absolute Gasteiger partial charge is 0.294 e. The number of halogens is 2. The van der Waals surface area contributed by atoms with Crippen molar-refractivity contribution in [3.63, 3.8) is 0 Å². The maximum Gasteiger partial charge on any atom is 0.294 e. The Hall–Kier alpha value is -2.04. The zero-order valence-corrected chi connectivity index (χ0v) is 18.3. The number of nitrogens with one attached hydrogen (secondary N) is 1. The molecule has 0 saturated carbocycles. The lowest BCUT2D eigenvalue weighted by molar-refractivity contribution is -0.127. The summed E-state index contributed by atoms with van der Waals surface area (Å²) in [5, 5.41) is 2.61. The first-order chi connectivity index (χ1) is 13.4. The third-order valence-electron chi connectivity index (χ3n) is 3.76. The molecule has 144 valence electrons. The molecule has 2 aromatic rings. The second kappa shape index (κ2) is 8.97. The number of rotatable bonds is 5. The first-order valence-electron chi connectivity index (χ1n) is 8.01. The van der Waals surface area contributed by atoms with E-state index >= 15 is 0 Å². The molecular formula is C19H14ClIN2O4S. The van der Waals surface area contributed by atoms with Crippen LogP contribution in [0.25, 0.3) is 6.08 Å². The van der Waals surface area contributed by atoms with Crippen molar-refractivity contribution < 1.29 is 19.1 Å². The average molecular weight is 529 g/mol. The van der Waals surface area contributed by atoms with Crippen LogP contribution in [0.4, 0.5) is 10.5 Å². The van der Waals surface area contributed by atoms with Gasteiger partial charge in [0.2, 0.25) is 5.91 Å². The third kappa shape index (κ3) is 4.86. The quantitative estimate of drug-likeness (QED) is 0.453. The molecule has 0 bridgehead atoms. The van der Waals surface area contributed by atoms with Gasteiger partial charge in [-0.25, -0.2) is 0 Å². The molecule has 28 heavy (non-hydrogen) atoms. The van der Waals surface area contributed by atoms with Gasteiger partial charge in [0.05, 0.1) is 15.6 Å². The molecule has 1 N–H and O–H groups in total. The van der Waals surface area contributed by atoms with E-state index in [1.807, 2.05) is 6.07 Å². The van der Waals surface area contributed by atoms with Crippen molar-refractivity contribution in [1.29, 1.82) is 0 Å². The van der Waals surface area contributed by atoms with Crippen LogP contribution in [0.15, 0.2) is 47.4 Å². The summed E-state index contributed by atoms with van der Waals surface area (Å²) in [6.45, 7) is -0.366. The van der Waals surface area contributed by atoms with Gasteiger partial charge in [-0.3, -0.25) is 19.3 Å². The standard InChI is InChI=1S/C19H14ClIN2O4S/c1-27-15-6-5-11(7-14(15)21)8-16-18(25)23(19(26)28-16)10-17(24)22-13-4-2-3-12(20)9-13/h2-9H,10H2,1H3,(H,22,24)/b16-8-. The van der Waals surface area contributed by atoms with Crippen LogP contribution in [0.5, 0.6) is 5.75 Å². The first-order valence-corrected chi connectivity index (χ1v) is 10.3. The van der Waals surface area contributed by atoms with Crippen molar-refractivity contribution >= 4 is 74.8 Å². The van der Waals surface area contributed by atoms with E-state index in [9.17, 15) is 14.4 Å². The van der Waals surface area contributed by atoms with Crippen LogP contribution in [0.3, 0.4) is 0 Å². The van der Waals surface area contributed by atoms with Gasteiger partial charge in [0.25, 0.3) is 11.1 Å². The lowest BCUT2D eigenvalue weighted by Gasteiger charge is -2.12. The van der Waals surface area contributed by atoms with Crippen molar-refractivity contribution in [1.82, 2.24) is 4.90 Å². The molecule has 9 heteroatoms. The van der Waals surface area contributed by atoms with Gasteiger partial charge in [0, 0.05) is 10.7 Å². The number of methoxy groups -OCH3 is 1. The normalized spacial score (nSPS) is 15.2. The molecule has 1 fully saturated rings. The van der Waals surface area contributed by atoms with E-state index in [0.29, 0.717) is 10.7 Å². The van der Waals surface area contributed by atoms with E-state index in [0.717, 1.165) is 31.5 Å². The SMILES string of the molecule is COc1ccc(/C=C2\SC(=O)N(CC(=O)Nc3cccc(Cl)c3)C2=O)cc1I. The summed E-state index contributed by atoms with van der Waals surface area (Å²) < 4.78 is 6.09. The van der Waals surface area contributed by atoms with Crippen molar-refractivity contribution in [2.45, 2.75) is 0 Å². The van der Waals surface area contributed by atoms with Crippen molar-refractivity contribution in [2.24, 2.45) is 0 Å². The number of ether oxygens (including phenoxy) is 1. The fourth-order valence-corrected chi connectivity index (χ4v) is 4.26. The minimum Gasteiger partial charge on any atom is -0.496 e. The Kier molecular flexibility index (Phi) is 6.63. The summed E-state index contributed by atoms with van der Waals surface area (Å²) in [4.78, 5) is 38.2. The summed E-state index contributed by atoms with van der Waals surface area (Å²) in [6, 6.07) is 12.0. The maximum absolute atomic E-state index is 12.6. The van der Waals surface area contributed by atoms with Gasteiger partial charge in [-0.2, -0.15) is 0 Å². The largest absolute Gasteiger partial charge is 0.496 e. The van der Waals surface area contributed by atoms with E-state index in [1.54, 1.807) is 49.6 Å². The first kappa shape index (κ1) is 20.7. The lowest BCUT2D eigenvalue weighted by Crippen LogP contribution is -2.36. The highest BCUT2D eigenvalue weighted by Crippen LogP contribution is 2.33. The number of amides is 3. The molecular weight excluding hydrogens is 515 g/mol. The summed E-state index contributed by atoms with van der Waals surface area (Å²) in [5.41, 5.74) is 1.26. The van der Waals surface area contributed by atoms with Gasteiger partial charge in [-0.15, -0.1) is 0 Å². The Labute approximate surface area is 184 Å². The number of benzene rings is 2. The number of nitrogens with zero attached hydrogens (tertiary/aromatic N) is 1. The Balaban J connectivity index is 1.71. The van der Waals surface area contributed by atoms with Crippen LogP contribution in [-0.2, 0) is 9.59 Å². The van der Waals surface area contributed by atoms with Crippen LogP contribution < -0.4 is 10.1 Å². The summed E-state index contributed by atoms with van der Waals surface area (Å²) >= 11 is 8.82. The summed E-state index contributed by atoms with van der Waals surface area (Å²) in [5.74, 6) is -0.254. The molecule has 3 amide bonds. The number of imide groups is 1.